The summed E-state index contributed by atoms with van der Waals surface area (Å²) in [7, 11) is 0. The first-order chi connectivity index (χ1) is 15.1. The second-order valence-corrected chi connectivity index (χ2v) is 8.16. The summed E-state index contributed by atoms with van der Waals surface area (Å²) in [6, 6.07) is 5.61. The van der Waals surface area contributed by atoms with Gasteiger partial charge in [0.1, 0.15) is 5.82 Å². The molecule has 3 rings (SSSR count). The van der Waals surface area contributed by atoms with E-state index in [0.29, 0.717) is 36.8 Å². The first kappa shape index (κ1) is 24.1. The predicted octanol–water partition coefficient (Wildman–Crippen LogP) is 5.11. The Hall–Kier alpha value is -2.52. The molecule has 2 aromatic rings. The third-order valence-electron chi connectivity index (χ3n) is 5.12. The molecule has 1 saturated heterocycles. The van der Waals surface area contributed by atoms with Crippen LogP contribution in [0, 0.1) is 12.8 Å². The summed E-state index contributed by atoms with van der Waals surface area (Å²) in [5, 5.41) is 3.12. The number of ether oxygens (including phenoxy) is 1. The van der Waals surface area contributed by atoms with Crippen LogP contribution >= 0.6 is 23.2 Å². The lowest BCUT2D eigenvalue weighted by Gasteiger charge is -2.31. The van der Waals surface area contributed by atoms with Gasteiger partial charge in [-0.25, -0.2) is 4.98 Å². The molecule has 1 aromatic heterocycles. The summed E-state index contributed by atoms with van der Waals surface area (Å²) in [5.41, 5.74) is 0.176. The Kier molecular flexibility index (Phi) is 7.51. The van der Waals surface area contributed by atoms with E-state index >= 15 is 0 Å². The Balaban J connectivity index is 1.47. The minimum atomic E-state index is -4.44. The number of carbonyl (C=O) groups excluding carboxylic acids is 2. The van der Waals surface area contributed by atoms with Gasteiger partial charge in [-0.15, -0.1) is 0 Å². The minimum absolute atomic E-state index is 0.256. The molecule has 0 spiro atoms. The van der Waals surface area contributed by atoms with Gasteiger partial charge in [0, 0.05) is 19.3 Å². The monoisotopic (exact) mass is 489 g/mol. The SMILES string of the molecule is Cc1ccc(Cl)c(NC(=O)COC(=O)C2CCN(c3ccc(C(F)(F)F)cn3)CC2)c1Cl. The van der Waals surface area contributed by atoms with Crippen molar-refractivity contribution in [1.29, 1.82) is 0 Å². The fourth-order valence-corrected chi connectivity index (χ4v) is 3.75. The summed E-state index contributed by atoms with van der Waals surface area (Å²) in [5.74, 6) is -1.09. The van der Waals surface area contributed by atoms with E-state index in [9.17, 15) is 22.8 Å². The number of halogens is 5. The van der Waals surface area contributed by atoms with Crippen molar-refractivity contribution in [1.82, 2.24) is 4.98 Å². The van der Waals surface area contributed by atoms with E-state index in [-0.39, 0.29) is 10.7 Å². The maximum absolute atomic E-state index is 12.7. The Morgan fingerprint density at radius 2 is 1.88 bits per heavy atom. The van der Waals surface area contributed by atoms with Gasteiger partial charge in [0.05, 0.1) is 27.2 Å². The van der Waals surface area contributed by atoms with Crippen molar-refractivity contribution in [3.05, 3.63) is 51.6 Å². The van der Waals surface area contributed by atoms with E-state index in [1.807, 2.05) is 0 Å². The topological polar surface area (TPSA) is 71.5 Å². The van der Waals surface area contributed by atoms with Crippen molar-refractivity contribution < 1.29 is 27.5 Å². The summed E-state index contributed by atoms with van der Waals surface area (Å²) >= 11 is 12.2. The Morgan fingerprint density at radius 1 is 1.19 bits per heavy atom. The lowest BCUT2D eigenvalue weighted by molar-refractivity contribution is -0.152. The van der Waals surface area contributed by atoms with E-state index in [4.69, 9.17) is 27.9 Å². The van der Waals surface area contributed by atoms with Crippen molar-refractivity contribution in [2.75, 3.05) is 29.9 Å². The Bertz CT molecular complexity index is 992. The average molecular weight is 490 g/mol. The molecule has 1 N–H and O–H groups in total. The fraction of sp³-hybridized carbons (Fsp3) is 0.381. The van der Waals surface area contributed by atoms with Gasteiger partial charge in [-0.3, -0.25) is 9.59 Å². The molecule has 0 atom stereocenters. The van der Waals surface area contributed by atoms with Crippen LogP contribution in [0.1, 0.15) is 24.0 Å². The Morgan fingerprint density at radius 3 is 2.47 bits per heavy atom. The van der Waals surface area contributed by atoms with E-state index < -0.39 is 36.1 Å². The normalized spacial score (nSPS) is 14.9. The molecule has 0 saturated carbocycles. The first-order valence-corrected chi connectivity index (χ1v) is 10.5. The first-order valence-electron chi connectivity index (χ1n) is 9.75. The van der Waals surface area contributed by atoms with Crippen molar-refractivity contribution in [3.63, 3.8) is 0 Å². The molecule has 2 heterocycles. The van der Waals surface area contributed by atoms with Crippen molar-refractivity contribution >= 4 is 46.6 Å². The van der Waals surface area contributed by atoms with Gasteiger partial charge in [0.25, 0.3) is 5.91 Å². The highest BCUT2D eigenvalue weighted by atomic mass is 35.5. The third kappa shape index (κ3) is 5.83. The molecule has 1 aromatic carbocycles. The number of hydrogen-bond donors (Lipinski definition) is 1. The zero-order chi connectivity index (χ0) is 23.5. The van der Waals surface area contributed by atoms with Crippen molar-refractivity contribution in [3.8, 4) is 0 Å². The van der Waals surface area contributed by atoms with Gasteiger partial charge in [0.2, 0.25) is 0 Å². The molecule has 1 amide bonds. The van der Waals surface area contributed by atoms with Gasteiger partial charge in [0.15, 0.2) is 6.61 Å². The minimum Gasteiger partial charge on any atom is -0.455 e. The van der Waals surface area contributed by atoms with Crippen LogP contribution in [-0.2, 0) is 20.5 Å². The number of nitrogens with zero attached hydrogens (tertiary/aromatic N) is 2. The number of anilines is 2. The molecule has 11 heteroatoms. The molecule has 1 aliphatic rings. The second-order valence-electron chi connectivity index (χ2n) is 7.37. The average Bonchev–Trinajstić information content (AvgIpc) is 2.77. The molecular weight excluding hydrogens is 470 g/mol. The lowest BCUT2D eigenvalue weighted by atomic mass is 9.97. The number of aromatic nitrogens is 1. The number of piperidine rings is 1. The van der Waals surface area contributed by atoms with Crippen LogP contribution in [-0.4, -0.2) is 36.6 Å². The number of alkyl halides is 3. The molecule has 0 bridgehead atoms. The number of rotatable bonds is 5. The van der Waals surface area contributed by atoms with Gasteiger partial charge < -0.3 is 15.0 Å². The maximum atomic E-state index is 12.7. The highest BCUT2D eigenvalue weighted by molar-refractivity contribution is 6.40. The number of carbonyl (C=O) groups is 2. The van der Waals surface area contributed by atoms with Crippen LogP contribution in [0.3, 0.4) is 0 Å². The van der Waals surface area contributed by atoms with Gasteiger partial charge in [-0.1, -0.05) is 29.3 Å². The van der Waals surface area contributed by atoms with Gasteiger partial charge in [-0.05, 0) is 43.5 Å². The van der Waals surface area contributed by atoms with Crippen molar-refractivity contribution in [2.24, 2.45) is 5.92 Å². The molecule has 0 aliphatic carbocycles. The molecule has 6 nitrogen and oxygen atoms in total. The lowest BCUT2D eigenvalue weighted by Crippen LogP contribution is -2.38. The maximum Gasteiger partial charge on any atom is 0.417 e. The predicted molar refractivity (Wildman–Crippen MR) is 115 cm³/mol. The number of esters is 1. The third-order valence-corrected chi connectivity index (χ3v) is 5.92. The number of hydrogen-bond acceptors (Lipinski definition) is 5. The summed E-state index contributed by atoms with van der Waals surface area (Å²) in [6.45, 7) is 2.14. The standard InChI is InChI=1S/C21H20Cl2F3N3O3/c1-12-2-4-15(22)19(18(12)23)28-17(30)11-32-20(31)13-6-8-29(9-7-13)16-5-3-14(10-27-16)21(24,25)26/h2-5,10,13H,6-9,11H2,1H3,(H,28,30). The summed E-state index contributed by atoms with van der Waals surface area (Å²) in [4.78, 5) is 30.2. The number of benzene rings is 1. The molecule has 1 aliphatic heterocycles. The molecule has 1 fully saturated rings. The highest BCUT2D eigenvalue weighted by Gasteiger charge is 2.32. The van der Waals surface area contributed by atoms with Gasteiger partial charge in [-0.2, -0.15) is 13.2 Å². The van der Waals surface area contributed by atoms with E-state index in [0.717, 1.165) is 17.8 Å². The number of aryl methyl sites for hydroxylation is 1. The smallest absolute Gasteiger partial charge is 0.417 e. The van der Waals surface area contributed by atoms with Crippen LogP contribution in [0.4, 0.5) is 24.7 Å². The zero-order valence-corrected chi connectivity index (χ0v) is 18.5. The highest BCUT2D eigenvalue weighted by Crippen LogP contribution is 2.33. The molecule has 0 unspecified atom stereocenters. The summed E-state index contributed by atoms with van der Waals surface area (Å²) < 4.78 is 43.1. The number of pyridine rings is 1. The molecule has 172 valence electrons. The van der Waals surface area contributed by atoms with E-state index in [1.54, 1.807) is 24.0 Å². The fourth-order valence-electron chi connectivity index (χ4n) is 3.29. The number of amides is 1. The van der Waals surface area contributed by atoms with Crippen molar-refractivity contribution in [2.45, 2.75) is 25.9 Å². The van der Waals surface area contributed by atoms with Crippen LogP contribution in [0.25, 0.3) is 0 Å². The van der Waals surface area contributed by atoms with E-state index in [1.165, 1.54) is 6.07 Å². The van der Waals surface area contributed by atoms with Crippen LogP contribution in [0.5, 0.6) is 0 Å². The van der Waals surface area contributed by atoms with E-state index in [2.05, 4.69) is 10.3 Å². The van der Waals surface area contributed by atoms with Gasteiger partial charge >= 0.3 is 12.1 Å². The van der Waals surface area contributed by atoms with Crippen LogP contribution in [0.2, 0.25) is 10.0 Å². The molecule has 0 radical (unpaired) electrons. The molecular formula is C21H20Cl2F3N3O3. The second kappa shape index (κ2) is 9.95. The Labute approximate surface area is 192 Å². The summed E-state index contributed by atoms with van der Waals surface area (Å²) in [6.07, 6.45) is -2.79. The number of nitrogens with one attached hydrogen (secondary N) is 1. The largest absolute Gasteiger partial charge is 0.455 e. The molecule has 32 heavy (non-hydrogen) atoms. The van der Waals surface area contributed by atoms with Crippen LogP contribution < -0.4 is 10.2 Å². The zero-order valence-electron chi connectivity index (χ0n) is 17.0. The quantitative estimate of drug-likeness (QED) is 0.590. The van der Waals surface area contributed by atoms with Crippen LogP contribution in [0.15, 0.2) is 30.5 Å².